The summed E-state index contributed by atoms with van der Waals surface area (Å²) in [6.07, 6.45) is -0.792. The number of ether oxygens (including phenoxy) is 2. The molecule has 9 heteroatoms. The van der Waals surface area contributed by atoms with E-state index in [0.717, 1.165) is 0 Å². The summed E-state index contributed by atoms with van der Waals surface area (Å²) in [6.45, 7) is 1.33. The summed E-state index contributed by atoms with van der Waals surface area (Å²) in [5, 5.41) is 7.74. The molecular weight excluding hydrogens is 369 g/mol. The maximum atomic E-state index is 13.0. The van der Waals surface area contributed by atoms with Crippen LogP contribution in [-0.2, 0) is 9.53 Å². The molecule has 0 unspecified atom stereocenters. The molecule has 0 fully saturated rings. The molecule has 0 aliphatic carbocycles. The van der Waals surface area contributed by atoms with Gasteiger partial charge in [0, 0.05) is 5.56 Å². The second-order valence-corrected chi connectivity index (χ2v) is 5.78. The molecule has 1 heterocycles. The van der Waals surface area contributed by atoms with Crippen molar-refractivity contribution in [1.82, 2.24) is 10.2 Å². The Hall–Kier alpha value is -3.75. The fourth-order valence-electron chi connectivity index (χ4n) is 2.23. The van der Waals surface area contributed by atoms with Gasteiger partial charge >= 0.3 is 5.97 Å². The van der Waals surface area contributed by atoms with Crippen molar-refractivity contribution in [3.05, 3.63) is 65.8 Å². The predicted octanol–water partition coefficient (Wildman–Crippen LogP) is 2.66. The number of benzene rings is 2. The number of carbonyl (C=O) groups excluding carboxylic acids is 2. The number of rotatable bonds is 7. The van der Waals surface area contributed by atoms with Crippen LogP contribution in [0, 0.1) is 5.82 Å². The minimum atomic E-state index is -0.792. The number of esters is 1. The molecule has 2 N–H and O–H groups in total. The van der Waals surface area contributed by atoms with Crippen LogP contribution in [-0.4, -0.2) is 28.7 Å². The lowest BCUT2D eigenvalue weighted by molar-refractivity contribution is -0.119. The molecule has 3 rings (SSSR count). The molecule has 0 aliphatic heterocycles. The number of aromatic nitrogens is 2. The molecule has 0 radical (unpaired) electrons. The molecule has 28 heavy (non-hydrogen) atoms. The molecular formula is C19H16FN3O5. The van der Waals surface area contributed by atoms with Gasteiger partial charge in [-0.05, 0) is 55.5 Å². The normalized spacial score (nSPS) is 11.6. The van der Waals surface area contributed by atoms with Gasteiger partial charge in [-0.15, -0.1) is 10.2 Å². The van der Waals surface area contributed by atoms with Crippen LogP contribution >= 0.6 is 0 Å². The van der Waals surface area contributed by atoms with E-state index in [2.05, 4.69) is 10.2 Å². The van der Waals surface area contributed by atoms with Crippen LogP contribution in [0.1, 0.15) is 29.3 Å². The minimum Gasteiger partial charge on any atom is -0.484 e. The SMILES string of the molecule is C[C@H](OC(=O)c1ccc(OCC(N)=O)cc1)c1nnc(-c2ccc(F)cc2)o1. The molecule has 0 aliphatic rings. The maximum Gasteiger partial charge on any atom is 0.338 e. The highest BCUT2D eigenvalue weighted by molar-refractivity contribution is 5.89. The fraction of sp³-hybridized carbons (Fsp3) is 0.158. The standard InChI is InChI=1S/C19H16FN3O5/c1-11(17-22-23-18(28-17)12-2-6-14(20)7-3-12)27-19(25)13-4-8-15(9-5-13)26-10-16(21)24/h2-9,11H,10H2,1H3,(H2,21,24)/t11-/m0/s1. The topological polar surface area (TPSA) is 118 Å². The van der Waals surface area contributed by atoms with Crippen molar-refractivity contribution in [2.45, 2.75) is 13.0 Å². The second-order valence-electron chi connectivity index (χ2n) is 5.78. The average molecular weight is 385 g/mol. The van der Waals surface area contributed by atoms with Crippen molar-refractivity contribution in [2.24, 2.45) is 5.73 Å². The Bertz CT molecular complexity index is 970. The molecule has 1 atom stereocenters. The molecule has 1 aromatic heterocycles. The zero-order valence-electron chi connectivity index (χ0n) is 14.8. The molecule has 3 aromatic rings. The van der Waals surface area contributed by atoms with Gasteiger partial charge in [0.1, 0.15) is 11.6 Å². The largest absolute Gasteiger partial charge is 0.484 e. The Morgan fingerprint density at radius 3 is 2.43 bits per heavy atom. The van der Waals surface area contributed by atoms with E-state index in [1.807, 2.05) is 0 Å². The van der Waals surface area contributed by atoms with Crippen LogP contribution in [0.5, 0.6) is 5.75 Å². The van der Waals surface area contributed by atoms with Gasteiger partial charge < -0.3 is 19.6 Å². The minimum absolute atomic E-state index is 0.106. The van der Waals surface area contributed by atoms with Gasteiger partial charge in [0.2, 0.25) is 5.89 Å². The Kier molecular flexibility index (Phi) is 5.64. The van der Waals surface area contributed by atoms with Gasteiger partial charge in [0.05, 0.1) is 5.56 Å². The number of halogens is 1. The summed E-state index contributed by atoms with van der Waals surface area (Å²) in [5.74, 6) is -0.892. The van der Waals surface area contributed by atoms with Gasteiger partial charge in [0.25, 0.3) is 11.8 Å². The van der Waals surface area contributed by atoms with E-state index in [4.69, 9.17) is 19.6 Å². The predicted molar refractivity (Wildman–Crippen MR) is 94.7 cm³/mol. The molecule has 144 valence electrons. The highest BCUT2D eigenvalue weighted by Gasteiger charge is 2.20. The van der Waals surface area contributed by atoms with Gasteiger partial charge in [-0.25, -0.2) is 9.18 Å². The quantitative estimate of drug-likeness (QED) is 0.621. The van der Waals surface area contributed by atoms with E-state index in [1.165, 1.54) is 48.5 Å². The lowest BCUT2D eigenvalue weighted by Crippen LogP contribution is -2.20. The molecule has 0 bridgehead atoms. The zero-order chi connectivity index (χ0) is 20.1. The molecule has 0 saturated carbocycles. The molecule has 2 aromatic carbocycles. The number of nitrogens with two attached hydrogens (primary N) is 1. The zero-order valence-corrected chi connectivity index (χ0v) is 14.8. The van der Waals surface area contributed by atoms with Crippen LogP contribution in [0.25, 0.3) is 11.5 Å². The van der Waals surface area contributed by atoms with Crippen LogP contribution in [0.4, 0.5) is 4.39 Å². The highest BCUT2D eigenvalue weighted by atomic mass is 19.1. The number of nitrogens with zero attached hydrogens (tertiary/aromatic N) is 2. The van der Waals surface area contributed by atoms with Gasteiger partial charge in [-0.3, -0.25) is 4.79 Å². The monoisotopic (exact) mass is 385 g/mol. The molecule has 0 saturated heterocycles. The summed E-state index contributed by atoms with van der Waals surface area (Å²) in [7, 11) is 0. The third-order valence-corrected chi connectivity index (χ3v) is 3.63. The number of amides is 1. The van der Waals surface area contributed by atoms with E-state index < -0.39 is 18.0 Å². The number of primary amides is 1. The van der Waals surface area contributed by atoms with Crippen LogP contribution < -0.4 is 10.5 Å². The highest BCUT2D eigenvalue weighted by Crippen LogP contribution is 2.23. The van der Waals surface area contributed by atoms with Gasteiger partial charge in [0.15, 0.2) is 12.7 Å². The van der Waals surface area contributed by atoms with Crippen molar-refractivity contribution >= 4 is 11.9 Å². The van der Waals surface area contributed by atoms with Crippen molar-refractivity contribution in [1.29, 1.82) is 0 Å². The first kappa shape index (κ1) is 19.0. The molecule has 8 nitrogen and oxygen atoms in total. The number of carbonyl (C=O) groups is 2. The van der Waals surface area contributed by atoms with E-state index in [-0.39, 0.29) is 29.8 Å². The van der Waals surface area contributed by atoms with Crippen molar-refractivity contribution in [2.75, 3.05) is 6.61 Å². The first-order valence-corrected chi connectivity index (χ1v) is 8.24. The Labute approximate surface area is 159 Å². The third kappa shape index (κ3) is 4.70. The van der Waals surface area contributed by atoms with E-state index in [0.29, 0.717) is 11.3 Å². The Morgan fingerprint density at radius 1 is 1.11 bits per heavy atom. The average Bonchev–Trinajstić information content (AvgIpc) is 3.17. The lowest BCUT2D eigenvalue weighted by Gasteiger charge is -2.10. The van der Waals surface area contributed by atoms with E-state index in [1.54, 1.807) is 6.92 Å². The Balaban J connectivity index is 1.62. The van der Waals surface area contributed by atoms with Crippen molar-refractivity contribution in [3.8, 4) is 17.2 Å². The maximum absolute atomic E-state index is 13.0. The van der Waals surface area contributed by atoms with Crippen molar-refractivity contribution in [3.63, 3.8) is 0 Å². The summed E-state index contributed by atoms with van der Waals surface area (Å²) in [4.78, 5) is 22.9. The number of hydrogen-bond acceptors (Lipinski definition) is 7. The first-order valence-electron chi connectivity index (χ1n) is 8.24. The summed E-state index contributed by atoms with van der Waals surface area (Å²) >= 11 is 0. The fourth-order valence-corrected chi connectivity index (χ4v) is 2.23. The second kappa shape index (κ2) is 8.30. The van der Waals surface area contributed by atoms with Crippen LogP contribution in [0.15, 0.2) is 52.9 Å². The summed E-state index contributed by atoms with van der Waals surface area (Å²) in [6, 6.07) is 11.6. The first-order chi connectivity index (χ1) is 13.4. The van der Waals surface area contributed by atoms with Crippen LogP contribution in [0.3, 0.4) is 0 Å². The molecule has 0 spiro atoms. The van der Waals surface area contributed by atoms with Crippen molar-refractivity contribution < 1.29 is 27.9 Å². The van der Waals surface area contributed by atoms with E-state index in [9.17, 15) is 14.0 Å². The summed E-state index contributed by atoms with van der Waals surface area (Å²) < 4.78 is 28.9. The lowest BCUT2D eigenvalue weighted by atomic mass is 10.2. The van der Waals surface area contributed by atoms with Gasteiger partial charge in [-0.1, -0.05) is 0 Å². The molecule has 1 amide bonds. The smallest absolute Gasteiger partial charge is 0.338 e. The Morgan fingerprint density at radius 2 is 1.79 bits per heavy atom. The van der Waals surface area contributed by atoms with E-state index >= 15 is 0 Å². The third-order valence-electron chi connectivity index (χ3n) is 3.63. The van der Waals surface area contributed by atoms with Crippen LogP contribution in [0.2, 0.25) is 0 Å². The summed E-state index contributed by atoms with van der Waals surface area (Å²) in [5.41, 5.74) is 5.82. The van der Waals surface area contributed by atoms with Gasteiger partial charge in [-0.2, -0.15) is 0 Å². The number of hydrogen-bond donors (Lipinski definition) is 1.